The zero-order chi connectivity index (χ0) is 13.5. The number of esters is 1. The molecule has 0 aromatic carbocycles. The lowest BCUT2D eigenvalue weighted by atomic mass is 10.2. The molecule has 1 rings (SSSR count). The van der Waals surface area contributed by atoms with E-state index in [4.69, 9.17) is 14.3 Å². The second-order valence-electron chi connectivity index (χ2n) is 3.76. The minimum atomic E-state index is -1.08. The quantitative estimate of drug-likeness (QED) is 0.564. The van der Waals surface area contributed by atoms with Crippen molar-refractivity contribution < 1.29 is 23.8 Å². The number of carboxylic acids is 1. The molecule has 1 aromatic heterocycles. The van der Waals surface area contributed by atoms with Gasteiger partial charge in [0.25, 0.3) is 0 Å². The third kappa shape index (κ3) is 4.21. The summed E-state index contributed by atoms with van der Waals surface area (Å²) in [5, 5.41) is 11.8. The van der Waals surface area contributed by atoms with Crippen molar-refractivity contribution >= 4 is 11.9 Å². The van der Waals surface area contributed by atoms with Crippen LogP contribution < -0.4 is 5.32 Å². The van der Waals surface area contributed by atoms with Gasteiger partial charge in [-0.2, -0.15) is 0 Å². The molecule has 1 heterocycles. The van der Waals surface area contributed by atoms with E-state index in [1.807, 2.05) is 0 Å². The van der Waals surface area contributed by atoms with Crippen LogP contribution in [0.4, 0.5) is 0 Å². The van der Waals surface area contributed by atoms with Crippen LogP contribution in [0.25, 0.3) is 0 Å². The van der Waals surface area contributed by atoms with E-state index in [1.54, 1.807) is 19.9 Å². The summed E-state index contributed by atoms with van der Waals surface area (Å²) >= 11 is 0. The van der Waals surface area contributed by atoms with Gasteiger partial charge in [-0.1, -0.05) is 0 Å². The second-order valence-corrected chi connectivity index (χ2v) is 3.76. The lowest BCUT2D eigenvalue weighted by Crippen LogP contribution is -2.18. The van der Waals surface area contributed by atoms with E-state index in [0.29, 0.717) is 31.0 Å². The van der Waals surface area contributed by atoms with Crippen LogP contribution in [-0.2, 0) is 16.1 Å². The normalized spacial score (nSPS) is 10.3. The zero-order valence-electron chi connectivity index (χ0n) is 10.5. The van der Waals surface area contributed by atoms with Crippen molar-refractivity contribution in [3.8, 4) is 0 Å². The van der Waals surface area contributed by atoms with Crippen molar-refractivity contribution in [2.45, 2.75) is 26.8 Å². The topological polar surface area (TPSA) is 88.8 Å². The first-order chi connectivity index (χ1) is 8.54. The fraction of sp³-hybridized carbons (Fsp3) is 0.500. The van der Waals surface area contributed by atoms with E-state index >= 15 is 0 Å². The molecule has 0 saturated carbocycles. The van der Waals surface area contributed by atoms with Crippen LogP contribution in [0.3, 0.4) is 0 Å². The number of carbonyl (C=O) groups excluding carboxylic acids is 1. The van der Waals surface area contributed by atoms with Crippen LogP contribution in [0.1, 0.15) is 35.2 Å². The molecule has 0 aliphatic carbocycles. The van der Waals surface area contributed by atoms with Crippen molar-refractivity contribution in [1.29, 1.82) is 0 Å². The number of carboxylic acid groups (broad SMARTS) is 1. The Morgan fingerprint density at radius 2 is 2.22 bits per heavy atom. The van der Waals surface area contributed by atoms with Crippen LogP contribution in [0.2, 0.25) is 0 Å². The predicted molar refractivity (Wildman–Crippen MR) is 63.4 cm³/mol. The molecule has 0 fully saturated rings. The van der Waals surface area contributed by atoms with Gasteiger partial charge in [0.15, 0.2) is 0 Å². The summed E-state index contributed by atoms with van der Waals surface area (Å²) in [6.07, 6.45) is 0.277. The van der Waals surface area contributed by atoms with Gasteiger partial charge in [-0.05, 0) is 19.9 Å². The van der Waals surface area contributed by atoms with Gasteiger partial charge in [-0.15, -0.1) is 0 Å². The largest absolute Gasteiger partial charge is 0.475 e. The summed E-state index contributed by atoms with van der Waals surface area (Å²) in [5.74, 6) is -0.844. The summed E-state index contributed by atoms with van der Waals surface area (Å²) in [4.78, 5) is 21.8. The van der Waals surface area contributed by atoms with Crippen molar-refractivity contribution in [2.75, 3.05) is 13.2 Å². The molecule has 6 heteroatoms. The third-order valence-electron chi connectivity index (χ3n) is 2.27. The Kier molecular flexibility index (Phi) is 5.38. The number of rotatable bonds is 7. The molecule has 100 valence electrons. The second kappa shape index (κ2) is 6.80. The third-order valence-corrected chi connectivity index (χ3v) is 2.27. The Labute approximate surface area is 105 Å². The number of aromatic carboxylic acids is 1. The number of carbonyl (C=O) groups is 2. The molecule has 0 aliphatic rings. The van der Waals surface area contributed by atoms with Gasteiger partial charge in [-0.25, -0.2) is 4.79 Å². The molecule has 0 saturated heterocycles. The lowest BCUT2D eigenvalue weighted by Gasteiger charge is -2.02. The molecule has 6 nitrogen and oxygen atoms in total. The molecule has 0 atom stereocenters. The van der Waals surface area contributed by atoms with Gasteiger partial charge in [0, 0.05) is 12.1 Å². The van der Waals surface area contributed by atoms with Crippen molar-refractivity contribution in [1.82, 2.24) is 5.32 Å². The average molecular weight is 255 g/mol. The Hall–Kier alpha value is -1.82. The van der Waals surface area contributed by atoms with E-state index in [0.717, 1.165) is 0 Å². The van der Waals surface area contributed by atoms with E-state index in [-0.39, 0.29) is 18.2 Å². The minimum Gasteiger partial charge on any atom is -0.475 e. The van der Waals surface area contributed by atoms with Crippen LogP contribution in [-0.4, -0.2) is 30.2 Å². The number of hydrogen-bond acceptors (Lipinski definition) is 5. The van der Waals surface area contributed by atoms with E-state index < -0.39 is 5.97 Å². The molecule has 0 radical (unpaired) electrons. The van der Waals surface area contributed by atoms with Gasteiger partial charge < -0.3 is 19.6 Å². The average Bonchev–Trinajstić information content (AvgIpc) is 2.66. The number of nitrogens with one attached hydrogen (secondary N) is 1. The molecule has 0 amide bonds. The summed E-state index contributed by atoms with van der Waals surface area (Å²) in [5.41, 5.74) is 0.588. The molecule has 0 aliphatic heterocycles. The number of aryl methyl sites for hydroxylation is 1. The highest BCUT2D eigenvalue weighted by Crippen LogP contribution is 2.14. The van der Waals surface area contributed by atoms with Crippen LogP contribution in [0, 0.1) is 6.92 Å². The SMILES string of the molecule is CCOC(=O)CCNCc1cc(C)c(C(=O)O)o1. The fourth-order valence-electron chi connectivity index (χ4n) is 1.48. The first kappa shape index (κ1) is 14.2. The van der Waals surface area contributed by atoms with Gasteiger partial charge in [0.1, 0.15) is 5.76 Å². The Morgan fingerprint density at radius 1 is 1.50 bits per heavy atom. The van der Waals surface area contributed by atoms with Gasteiger partial charge in [0.05, 0.1) is 19.6 Å². The Balaban J connectivity index is 2.34. The monoisotopic (exact) mass is 255 g/mol. The summed E-state index contributed by atoms with van der Waals surface area (Å²) in [6.45, 7) is 4.64. The maximum atomic E-state index is 11.0. The molecule has 0 spiro atoms. The fourth-order valence-corrected chi connectivity index (χ4v) is 1.48. The van der Waals surface area contributed by atoms with E-state index in [1.165, 1.54) is 0 Å². The van der Waals surface area contributed by atoms with E-state index in [2.05, 4.69) is 5.32 Å². The summed E-state index contributed by atoms with van der Waals surface area (Å²) in [6, 6.07) is 1.67. The summed E-state index contributed by atoms with van der Waals surface area (Å²) in [7, 11) is 0. The van der Waals surface area contributed by atoms with Crippen LogP contribution in [0.5, 0.6) is 0 Å². The van der Waals surface area contributed by atoms with Gasteiger partial charge >= 0.3 is 11.9 Å². The minimum absolute atomic E-state index is 0.0443. The summed E-state index contributed by atoms with van der Waals surface area (Å²) < 4.78 is 9.92. The molecule has 0 unspecified atom stereocenters. The molecule has 2 N–H and O–H groups in total. The maximum Gasteiger partial charge on any atom is 0.372 e. The van der Waals surface area contributed by atoms with Gasteiger partial charge in [0.2, 0.25) is 5.76 Å². The predicted octanol–water partition coefficient (Wildman–Crippen LogP) is 1.33. The zero-order valence-corrected chi connectivity index (χ0v) is 10.5. The number of furan rings is 1. The highest BCUT2D eigenvalue weighted by Gasteiger charge is 2.13. The molecule has 1 aromatic rings. The van der Waals surface area contributed by atoms with Crippen molar-refractivity contribution in [3.05, 3.63) is 23.2 Å². The Morgan fingerprint density at radius 3 is 2.78 bits per heavy atom. The first-order valence-corrected chi connectivity index (χ1v) is 5.73. The van der Waals surface area contributed by atoms with Crippen molar-refractivity contribution in [3.63, 3.8) is 0 Å². The number of ether oxygens (including phenoxy) is 1. The standard InChI is InChI=1S/C12H17NO5/c1-3-17-10(14)4-5-13-7-9-6-8(2)11(18-9)12(15)16/h6,13H,3-5,7H2,1-2H3,(H,15,16). The van der Waals surface area contributed by atoms with Crippen molar-refractivity contribution in [2.24, 2.45) is 0 Å². The molecular formula is C12H17NO5. The smallest absolute Gasteiger partial charge is 0.372 e. The molecule has 18 heavy (non-hydrogen) atoms. The molecule has 0 bridgehead atoms. The maximum absolute atomic E-state index is 11.0. The van der Waals surface area contributed by atoms with Crippen LogP contribution >= 0.6 is 0 Å². The number of hydrogen-bond donors (Lipinski definition) is 2. The van der Waals surface area contributed by atoms with Gasteiger partial charge in [-0.3, -0.25) is 4.79 Å². The first-order valence-electron chi connectivity index (χ1n) is 5.73. The Bertz CT molecular complexity index is 424. The van der Waals surface area contributed by atoms with E-state index in [9.17, 15) is 9.59 Å². The molecular weight excluding hydrogens is 238 g/mol. The lowest BCUT2D eigenvalue weighted by molar-refractivity contribution is -0.142. The highest BCUT2D eigenvalue weighted by molar-refractivity contribution is 5.86. The highest BCUT2D eigenvalue weighted by atomic mass is 16.5. The van der Waals surface area contributed by atoms with Crippen LogP contribution in [0.15, 0.2) is 10.5 Å².